The van der Waals surface area contributed by atoms with Crippen LogP contribution in [0.4, 0.5) is 5.69 Å². The first-order valence-corrected chi connectivity index (χ1v) is 7.87. The van der Waals surface area contributed by atoms with Gasteiger partial charge in [-0.15, -0.1) is 0 Å². The summed E-state index contributed by atoms with van der Waals surface area (Å²) in [6.45, 7) is 10.5. The highest BCUT2D eigenvalue weighted by Crippen LogP contribution is 2.23. The molecule has 1 amide bonds. The monoisotopic (exact) mass is 290 g/mol. The Morgan fingerprint density at radius 1 is 1.14 bits per heavy atom. The van der Waals surface area contributed by atoms with Crippen LogP contribution in [-0.4, -0.2) is 11.9 Å². The second-order valence-corrected chi connectivity index (χ2v) is 7.13. The average Bonchev–Trinajstić information content (AvgIpc) is 2.37. The maximum Gasteiger partial charge on any atom is 0.227 e. The summed E-state index contributed by atoms with van der Waals surface area (Å²) in [5.41, 5.74) is 8.00. The van der Waals surface area contributed by atoms with E-state index in [-0.39, 0.29) is 23.3 Å². The lowest BCUT2D eigenvalue weighted by Gasteiger charge is -2.19. The highest BCUT2D eigenvalue weighted by molar-refractivity contribution is 5.92. The molecule has 1 aromatic rings. The van der Waals surface area contributed by atoms with Crippen LogP contribution in [0, 0.1) is 5.92 Å². The van der Waals surface area contributed by atoms with E-state index < -0.39 is 0 Å². The number of benzene rings is 1. The first-order valence-electron chi connectivity index (χ1n) is 7.87. The minimum atomic E-state index is 0.0195. The average molecular weight is 290 g/mol. The minimum absolute atomic E-state index is 0.0195. The van der Waals surface area contributed by atoms with Crippen LogP contribution in [-0.2, 0) is 10.2 Å². The Bertz CT molecular complexity index is 443. The Kier molecular flexibility index (Phi) is 6.41. The number of nitrogens with one attached hydrogen (secondary N) is 1. The van der Waals surface area contributed by atoms with Crippen molar-refractivity contribution in [2.75, 3.05) is 5.32 Å². The van der Waals surface area contributed by atoms with Crippen LogP contribution in [0.25, 0.3) is 0 Å². The number of anilines is 1. The van der Waals surface area contributed by atoms with Crippen molar-refractivity contribution in [1.82, 2.24) is 0 Å². The SMILES string of the molecule is CC(N)CCCC(C)C(=O)Nc1ccc(C(C)(C)C)cc1. The highest BCUT2D eigenvalue weighted by atomic mass is 16.1. The molecule has 0 aliphatic rings. The molecule has 0 aromatic heterocycles. The predicted octanol–water partition coefficient (Wildman–Crippen LogP) is 4.08. The van der Waals surface area contributed by atoms with Gasteiger partial charge < -0.3 is 11.1 Å². The fourth-order valence-corrected chi connectivity index (χ4v) is 2.20. The second-order valence-electron chi connectivity index (χ2n) is 7.13. The maximum atomic E-state index is 12.1. The largest absolute Gasteiger partial charge is 0.328 e. The predicted molar refractivity (Wildman–Crippen MR) is 90.4 cm³/mol. The lowest BCUT2D eigenvalue weighted by atomic mass is 9.87. The molecule has 2 atom stereocenters. The van der Waals surface area contributed by atoms with Crippen LogP contribution >= 0.6 is 0 Å². The lowest BCUT2D eigenvalue weighted by molar-refractivity contribution is -0.119. The Balaban J connectivity index is 2.51. The molecule has 3 heteroatoms. The van der Waals surface area contributed by atoms with Crippen LogP contribution in [0.5, 0.6) is 0 Å². The van der Waals surface area contributed by atoms with Crippen molar-refractivity contribution < 1.29 is 4.79 Å². The minimum Gasteiger partial charge on any atom is -0.328 e. The molecule has 1 rings (SSSR count). The van der Waals surface area contributed by atoms with Gasteiger partial charge in [-0.2, -0.15) is 0 Å². The number of hydrogen-bond acceptors (Lipinski definition) is 2. The number of carbonyl (C=O) groups is 1. The Morgan fingerprint density at radius 2 is 1.71 bits per heavy atom. The summed E-state index contributed by atoms with van der Waals surface area (Å²) < 4.78 is 0. The van der Waals surface area contributed by atoms with Gasteiger partial charge >= 0.3 is 0 Å². The molecule has 21 heavy (non-hydrogen) atoms. The number of nitrogens with two attached hydrogens (primary N) is 1. The molecule has 1 aromatic carbocycles. The molecule has 0 saturated heterocycles. The zero-order valence-electron chi connectivity index (χ0n) is 14.1. The molecule has 0 aliphatic carbocycles. The van der Waals surface area contributed by atoms with Crippen molar-refractivity contribution in [2.24, 2.45) is 11.7 Å². The Morgan fingerprint density at radius 3 is 2.19 bits per heavy atom. The number of carbonyl (C=O) groups excluding carboxylic acids is 1. The van der Waals surface area contributed by atoms with Crippen LogP contribution in [0.2, 0.25) is 0 Å². The van der Waals surface area contributed by atoms with Gasteiger partial charge in [0, 0.05) is 17.6 Å². The first kappa shape index (κ1) is 17.7. The Hall–Kier alpha value is -1.35. The van der Waals surface area contributed by atoms with E-state index in [2.05, 4.69) is 38.2 Å². The van der Waals surface area contributed by atoms with E-state index in [9.17, 15) is 4.79 Å². The van der Waals surface area contributed by atoms with Gasteiger partial charge in [-0.05, 0) is 42.9 Å². The standard InChI is InChI=1S/C18H30N2O/c1-13(7-6-8-14(2)19)17(21)20-16-11-9-15(10-12-16)18(3,4)5/h9-14H,6-8,19H2,1-5H3,(H,20,21). The molecule has 0 spiro atoms. The van der Waals surface area contributed by atoms with E-state index in [1.165, 1.54) is 5.56 Å². The zero-order chi connectivity index (χ0) is 16.0. The van der Waals surface area contributed by atoms with Gasteiger partial charge in [-0.3, -0.25) is 4.79 Å². The molecule has 118 valence electrons. The van der Waals surface area contributed by atoms with Crippen LogP contribution < -0.4 is 11.1 Å². The van der Waals surface area contributed by atoms with Crippen LogP contribution in [0.15, 0.2) is 24.3 Å². The second kappa shape index (κ2) is 7.60. The van der Waals surface area contributed by atoms with E-state index >= 15 is 0 Å². The molecule has 0 saturated carbocycles. The molecule has 0 aliphatic heterocycles. The number of amides is 1. The van der Waals surface area contributed by atoms with Crippen molar-refractivity contribution in [3.05, 3.63) is 29.8 Å². The van der Waals surface area contributed by atoms with E-state index in [1.54, 1.807) is 0 Å². The summed E-state index contributed by atoms with van der Waals surface area (Å²) in [6, 6.07) is 8.33. The van der Waals surface area contributed by atoms with E-state index in [0.717, 1.165) is 24.9 Å². The molecule has 0 heterocycles. The molecule has 0 radical (unpaired) electrons. The van der Waals surface area contributed by atoms with E-state index in [4.69, 9.17) is 5.73 Å². The maximum absolute atomic E-state index is 12.1. The van der Waals surface area contributed by atoms with Crippen molar-refractivity contribution in [3.63, 3.8) is 0 Å². The summed E-state index contributed by atoms with van der Waals surface area (Å²) in [5.74, 6) is 0.106. The molecule has 2 unspecified atom stereocenters. The summed E-state index contributed by atoms with van der Waals surface area (Å²) in [7, 11) is 0. The van der Waals surface area contributed by atoms with Gasteiger partial charge in [0.1, 0.15) is 0 Å². The normalized spacial score (nSPS) is 14.6. The van der Waals surface area contributed by atoms with Gasteiger partial charge in [-0.25, -0.2) is 0 Å². The number of rotatable bonds is 6. The van der Waals surface area contributed by atoms with Gasteiger partial charge in [0.2, 0.25) is 5.91 Å². The Labute approximate surface area is 129 Å². The van der Waals surface area contributed by atoms with E-state index in [1.807, 2.05) is 26.0 Å². The lowest BCUT2D eigenvalue weighted by Crippen LogP contribution is -2.21. The molecular weight excluding hydrogens is 260 g/mol. The highest BCUT2D eigenvalue weighted by Gasteiger charge is 2.15. The van der Waals surface area contributed by atoms with E-state index in [0.29, 0.717) is 0 Å². The summed E-state index contributed by atoms with van der Waals surface area (Å²) >= 11 is 0. The summed E-state index contributed by atoms with van der Waals surface area (Å²) in [4.78, 5) is 12.1. The molecule has 0 fully saturated rings. The third kappa shape index (κ3) is 6.30. The van der Waals surface area contributed by atoms with Crippen LogP contribution in [0.3, 0.4) is 0 Å². The fourth-order valence-electron chi connectivity index (χ4n) is 2.20. The van der Waals surface area contributed by atoms with Gasteiger partial charge in [0.25, 0.3) is 0 Å². The molecule has 0 bridgehead atoms. The third-order valence-electron chi connectivity index (χ3n) is 3.76. The fraction of sp³-hybridized carbons (Fsp3) is 0.611. The van der Waals surface area contributed by atoms with Gasteiger partial charge in [-0.1, -0.05) is 46.2 Å². The summed E-state index contributed by atoms with van der Waals surface area (Å²) in [6.07, 6.45) is 2.85. The smallest absolute Gasteiger partial charge is 0.227 e. The topological polar surface area (TPSA) is 55.1 Å². The van der Waals surface area contributed by atoms with Crippen molar-refractivity contribution in [3.8, 4) is 0 Å². The van der Waals surface area contributed by atoms with Crippen molar-refractivity contribution in [2.45, 2.75) is 65.3 Å². The zero-order valence-corrected chi connectivity index (χ0v) is 14.1. The first-order chi connectivity index (χ1) is 9.70. The van der Waals surface area contributed by atoms with Gasteiger partial charge in [0.15, 0.2) is 0 Å². The quantitative estimate of drug-likeness (QED) is 0.829. The third-order valence-corrected chi connectivity index (χ3v) is 3.76. The summed E-state index contributed by atoms with van der Waals surface area (Å²) in [5, 5.41) is 2.99. The molecule has 3 nitrogen and oxygen atoms in total. The van der Waals surface area contributed by atoms with Crippen molar-refractivity contribution >= 4 is 11.6 Å². The van der Waals surface area contributed by atoms with Crippen LogP contribution in [0.1, 0.15) is 59.4 Å². The molecular formula is C18H30N2O. The number of hydrogen-bond donors (Lipinski definition) is 2. The van der Waals surface area contributed by atoms with Gasteiger partial charge in [0.05, 0.1) is 0 Å². The van der Waals surface area contributed by atoms with Crippen molar-refractivity contribution in [1.29, 1.82) is 0 Å². The molecule has 3 N–H and O–H groups in total.